The van der Waals surface area contributed by atoms with Crippen LogP contribution in [0.4, 0.5) is 5.82 Å². The van der Waals surface area contributed by atoms with Crippen LogP contribution in [0.25, 0.3) is 0 Å². The SMILES string of the molecule is C=Nc1c(/C(N)=N\C)ncn1[C@@H]1O[C@@H]2COP(=O)(SCc3ccc(OC(=O)c4ccc(O)cc4)cc3)O[C@H]3[C@@H](OC)[C@H](n4ccc(=O)[nH]c4=O)O[C@@H]3COP(=O)(SCc3ccc(OC(=O)c4ccc(C=O)cc4)cc3)O[C@@H]1C2. The van der Waals surface area contributed by atoms with Crippen LogP contribution in [0.1, 0.15) is 66.8 Å². The summed E-state index contributed by atoms with van der Waals surface area (Å²) in [5.41, 5.74) is 6.85. The van der Waals surface area contributed by atoms with E-state index in [0.717, 1.165) is 33.4 Å². The Kier molecular flexibility index (Phi) is 17.6. The topological polar surface area (TPSA) is 312 Å². The quantitative estimate of drug-likeness (QED) is 0.0216. The molecule has 6 aromatic rings. The number of aromatic nitrogens is 4. The van der Waals surface area contributed by atoms with Gasteiger partial charge in [-0.2, -0.15) is 0 Å². The summed E-state index contributed by atoms with van der Waals surface area (Å²) in [6.07, 6.45) is -5.24. The third-order valence-corrected chi connectivity index (χ3v) is 19.6. The molecule has 0 amide bonds. The van der Waals surface area contributed by atoms with Crippen LogP contribution in [0.3, 0.4) is 0 Å². The van der Waals surface area contributed by atoms with Gasteiger partial charge in [-0.3, -0.25) is 46.8 Å². The number of amidine groups is 1. The Bertz CT molecular complexity index is 3420. The number of imidazole rings is 1. The van der Waals surface area contributed by atoms with E-state index in [1.165, 1.54) is 79.8 Å². The predicted molar refractivity (Wildman–Crippen MR) is 285 cm³/mol. The van der Waals surface area contributed by atoms with Crippen molar-refractivity contribution < 1.29 is 70.4 Å². The van der Waals surface area contributed by atoms with Gasteiger partial charge >= 0.3 is 31.2 Å². The molecule has 0 aliphatic carbocycles. The highest BCUT2D eigenvalue weighted by Gasteiger charge is 2.53. The number of nitrogens with two attached hydrogens (primary N) is 1. The standard InChI is InChI=1S/C50H49N7O17P2S2/c1-52-44(51)41-45(53-2)57(28-54-41)46-38-22-37(69-46)24-67-76(65,78-27-31-8-18-36(19-9-31)71-49(62)33-12-14-34(59)15-13-33)74-42-39(72-47(43(42)66-3)56-21-20-40(60)55-50(56)63)25-68-75(64,73-38)77-26-30-6-16-35(17-7-30)70-48(61)32-10-4-29(23-58)5-11-32/h4-21,23,28,37-39,42-43,46-47,59H,2,22,24-27H2,1,3H3,(H2,51,52)(H,55,60,63)/t37-,38+,39+,42+,43+,46+,47+,75?,76?/m0/s1. The molecular weight excluding hydrogens is 1100 g/mol. The molecule has 3 aliphatic rings. The number of esters is 2. The number of aromatic amines is 1. The number of nitrogens with zero attached hydrogens (tertiary/aromatic N) is 5. The number of phenolic OH excluding ortho intramolecular Hbond substituents is 1. The molecule has 3 fully saturated rings. The molecule has 2 aromatic heterocycles. The monoisotopic (exact) mass is 1150 g/mol. The third-order valence-electron chi connectivity index (χ3n) is 12.3. The van der Waals surface area contributed by atoms with E-state index in [1.807, 2.05) is 0 Å². The van der Waals surface area contributed by atoms with E-state index < -0.39 is 86.4 Å². The number of phenols is 1. The van der Waals surface area contributed by atoms with Gasteiger partial charge in [-0.15, -0.1) is 0 Å². The summed E-state index contributed by atoms with van der Waals surface area (Å²) < 4.78 is 89.0. The van der Waals surface area contributed by atoms with Gasteiger partial charge in [0.25, 0.3) is 5.56 Å². The number of rotatable bonds is 16. The van der Waals surface area contributed by atoms with Crippen LogP contribution in [0.2, 0.25) is 0 Å². The van der Waals surface area contributed by atoms with Crippen molar-refractivity contribution in [3.8, 4) is 17.2 Å². The molecule has 4 N–H and O–H groups in total. The number of benzene rings is 4. The lowest BCUT2D eigenvalue weighted by Crippen LogP contribution is -2.40. The number of aldehydes is 1. The minimum absolute atomic E-state index is 0.0106. The Labute approximate surface area is 451 Å². The van der Waals surface area contributed by atoms with Crippen LogP contribution in [0.5, 0.6) is 17.2 Å². The number of ether oxygens (including phenoxy) is 5. The van der Waals surface area contributed by atoms with E-state index in [0.29, 0.717) is 23.0 Å². The van der Waals surface area contributed by atoms with Crippen LogP contribution >= 0.6 is 36.4 Å². The van der Waals surface area contributed by atoms with Crippen LogP contribution in [0.15, 0.2) is 135 Å². The van der Waals surface area contributed by atoms with Gasteiger partial charge in [-0.1, -0.05) is 36.4 Å². The van der Waals surface area contributed by atoms with Gasteiger partial charge < -0.3 is 34.5 Å². The first kappa shape index (κ1) is 55.9. The molecule has 9 atom stereocenters. The van der Waals surface area contributed by atoms with E-state index in [2.05, 4.69) is 26.7 Å². The molecule has 0 radical (unpaired) electrons. The Hall–Kier alpha value is -6.80. The number of fused-ring (bicyclic) bond motifs is 3. The summed E-state index contributed by atoms with van der Waals surface area (Å²) in [7, 11) is 2.78. The van der Waals surface area contributed by atoms with Crippen molar-refractivity contribution in [2.45, 2.75) is 60.9 Å². The summed E-state index contributed by atoms with van der Waals surface area (Å²) in [5, 5.41) is 9.62. The molecule has 4 aromatic carbocycles. The van der Waals surface area contributed by atoms with Gasteiger partial charge in [0.1, 0.15) is 59.5 Å². The second-order valence-electron chi connectivity index (χ2n) is 17.4. The van der Waals surface area contributed by atoms with E-state index in [9.17, 15) is 29.1 Å². The smallest absolute Gasteiger partial charge is 0.389 e. The van der Waals surface area contributed by atoms with Crippen molar-refractivity contribution in [2.24, 2.45) is 15.7 Å². The Morgan fingerprint density at radius 2 is 1.41 bits per heavy atom. The van der Waals surface area contributed by atoms with Crippen LogP contribution in [-0.4, -0.2) is 113 Å². The first-order valence-electron chi connectivity index (χ1n) is 23.6. The molecule has 3 saturated heterocycles. The number of carbonyl (C=O) groups excluding carboxylic acids is 3. The first-order chi connectivity index (χ1) is 37.6. The fourth-order valence-corrected chi connectivity index (χ4v) is 15.1. The van der Waals surface area contributed by atoms with Crippen molar-refractivity contribution in [3.63, 3.8) is 0 Å². The van der Waals surface area contributed by atoms with Gasteiger partial charge in [0.15, 0.2) is 18.3 Å². The number of hydrogen-bond donors (Lipinski definition) is 3. The zero-order valence-corrected chi connectivity index (χ0v) is 44.8. The summed E-state index contributed by atoms with van der Waals surface area (Å²) in [5.74, 6) is -0.701. The van der Waals surface area contributed by atoms with E-state index >= 15 is 9.13 Å². The van der Waals surface area contributed by atoms with Crippen molar-refractivity contribution >= 4 is 73.0 Å². The minimum Gasteiger partial charge on any atom is -0.508 e. The Balaban J connectivity index is 1.02. The molecule has 78 heavy (non-hydrogen) atoms. The highest BCUT2D eigenvalue weighted by atomic mass is 32.7. The van der Waals surface area contributed by atoms with E-state index in [4.69, 9.17) is 47.5 Å². The maximum atomic E-state index is 15.5. The van der Waals surface area contributed by atoms with Gasteiger partial charge in [0, 0.05) is 49.9 Å². The highest BCUT2D eigenvalue weighted by molar-refractivity contribution is 8.55. The fraction of sp³-hybridized carbons (Fsp3) is 0.280. The van der Waals surface area contributed by atoms with Crippen molar-refractivity contribution in [2.75, 3.05) is 27.4 Å². The predicted octanol–water partition coefficient (Wildman–Crippen LogP) is 7.16. The summed E-state index contributed by atoms with van der Waals surface area (Å²) in [4.78, 5) is 76.9. The van der Waals surface area contributed by atoms with Gasteiger partial charge in [-0.05, 0) is 101 Å². The average Bonchev–Trinajstić information content (AvgIpc) is 4.19. The average molecular weight is 1150 g/mol. The molecule has 9 rings (SSSR count). The molecular formula is C50H49N7O17P2S2. The van der Waals surface area contributed by atoms with Crippen molar-refractivity contribution in [1.82, 2.24) is 19.1 Å². The molecule has 408 valence electrons. The number of carbonyl (C=O) groups is 3. The van der Waals surface area contributed by atoms with E-state index in [1.54, 1.807) is 48.5 Å². The zero-order chi connectivity index (χ0) is 55.1. The van der Waals surface area contributed by atoms with Gasteiger partial charge in [0.05, 0.1) is 36.8 Å². The number of aliphatic imine (C=N–C) groups is 2. The molecule has 2 unspecified atom stereocenters. The van der Waals surface area contributed by atoms with Crippen LogP contribution in [-0.2, 0) is 52.9 Å². The zero-order valence-electron chi connectivity index (χ0n) is 41.3. The number of hydrogen-bond acceptors (Lipinski definition) is 22. The van der Waals surface area contributed by atoms with Crippen molar-refractivity contribution in [3.05, 3.63) is 170 Å². The number of aromatic hydroxyl groups is 1. The van der Waals surface area contributed by atoms with Crippen LogP contribution in [0, 0.1) is 0 Å². The van der Waals surface area contributed by atoms with Gasteiger partial charge in [-0.25, -0.2) is 33.5 Å². The molecule has 0 saturated carbocycles. The summed E-state index contributed by atoms with van der Waals surface area (Å²) in [6, 6.07) is 25.4. The molecule has 5 heterocycles. The summed E-state index contributed by atoms with van der Waals surface area (Å²) in [6.45, 7) is -6.12. The highest BCUT2D eigenvalue weighted by Crippen LogP contribution is 2.67. The molecule has 3 aliphatic heterocycles. The molecule has 28 heteroatoms. The third kappa shape index (κ3) is 13.0. The number of nitrogens with one attached hydrogen (secondary N) is 1. The second kappa shape index (κ2) is 24.5. The normalized spacial score (nSPS) is 25.4. The largest absolute Gasteiger partial charge is 0.508 e. The molecule has 24 nitrogen and oxygen atoms in total. The lowest BCUT2D eigenvalue weighted by molar-refractivity contribution is -0.0633. The molecule has 0 spiro atoms. The minimum atomic E-state index is -4.43. The van der Waals surface area contributed by atoms with Crippen molar-refractivity contribution in [1.29, 1.82) is 0 Å². The van der Waals surface area contributed by atoms with E-state index in [-0.39, 0.29) is 70.3 Å². The lowest BCUT2D eigenvalue weighted by atomic mass is 10.1. The van der Waals surface area contributed by atoms with Crippen LogP contribution < -0.4 is 26.5 Å². The second-order valence-corrected chi connectivity index (χ2v) is 25.4. The lowest BCUT2D eigenvalue weighted by Gasteiger charge is -2.29. The Morgan fingerprint density at radius 3 is 1.97 bits per heavy atom. The summed E-state index contributed by atoms with van der Waals surface area (Å²) >= 11 is 1.61. The maximum Gasteiger partial charge on any atom is 0.389 e. The molecule has 2 bridgehead atoms. The number of H-pyrrole nitrogens is 1. The fourth-order valence-electron chi connectivity index (χ4n) is 8.31. The van der Waals surface area contributed by atoms with Gasteiger partial charge in [0.2, 0.25) is 0 Å². The first-order valence-corrected chi connectivity index (χ1v) is 29.9. The Morgan fingerprint density at radius 1 is 0.821 bits per heavy atom. The maximum absolute atomic E-state index is 15.5. The number of methoxy groups -OCH3 is 1.